The maximum atomic E-state index is 12.8. The number of carbonyl (C=O) groups excluding carboxylic acids is 1. The number of hydrogen-bond donors (Lipinski definition) is 0. The van der Waals surface area contributed by atoms with Crippen LogP contribution in [-0.2, 0) is 11.3 Å². The van der Waals surface area contributed by atoms with E-state index >= 15 is 0 Å². The fraction of sp³-hybridized carbons (Fsp3) is 0.240. The van der Waals surface area contributed by atoms with Crippen molar-refractivity contribution < 1.29 is 13.9 Å². The summed E-state index contributed by atoms with van der Waals surface area (Å²) in [6.45, 7) is 4.36. The summed E-state index contributed by atoms with van der Waals surface area (Å²) >= 11 is 1.36. The van der Waals surface area contributed by atoms with Crippen LogP contribution < -0.4 is 4.74 Å². The minimum absolute atomic E-state index is 0.0153. The van der Waals surface area contributed by atoms with Gasteiger partial charge in [0, 0.05) is 18.3 Å². The van der Waals surface area contributed by atoms with Crippen LogP contribution in [0.4, 0.5) is 0 Å². The number of benzene rings is 2. The molecule has 2 aromatic carbocycles. The first kappa shape index (κ1) is 22.7. The summed E-state index contributed by atoms with van der Waals surface area (Å²) in [5.41, 5.74) is 3.01. The highest BCUT2D eigenvalue weighted by molar-refractivity contribution is 7.99. The zero-order valence-electron chi connectivity index (χ0n) is 19.1. The number of amides is 1. The van der Waals surface area contributed by atoms with Crippen LogP contribution in [0.5, 0.6) is 5.75 Å². The molecule has 33 heavy (non-hydrogen) atoms. The molecule has 0 fully saturated rings. The molecule has 2 heterocycles. The van der Waals surface area contributed by atoms with Gasteiger partial charge >= 0.3 is 0 Å². The standard InChI is InChI=1S/C25H26N4O3S/c1-17-5-10-20(11-6-17)29-24(19-8-13-21(31-4)14-9-19)26-27-25(29)33-16-23(30)28(3)15-22-12-7-18(2)32-22/h5-14H,15-16H2,1-4H3. The zero-order chi connectivity index (χ0) is 23.4. The third kappa shape index (κ3) is 5.28. The maximum absolute atomic E-state index is 12.8. The molecule has 8 heteroatoms. The number of carbonyl (C=O) groups is 1. The van der Waals surface area contributed by atoms with Crippen LogP contribution in [0, 0.1) is 13.8 Å². The highest BCUT2D eigenvalue weighted by Crippen LogP contribution is 2.29. The lowest BCUT2D eigenvalue weighted by Gasteiger charge is -2.16. The number of ether oxygens (including phenoxy) is 1. The highest BCUT2D eigenvalue weighted by Gasteiger charge is 2.19. The predicted octanol–water partition coefficient (Wildman–Crippen LogP) is 4.90. The van der Waals surface area contributed by atoms with Crippen LogP contribution in [0.3, 0.4) is 0 Å². The molecule has 0 aliphatic heterocycles. The molecule has 0 aliphatic carbocycles. The summed E-state index contributed by atoms with van der Waals surface area (Å²) in [6.07, 6.45) is 0. The number of nitrogens with zero attached hydrogens (tertiary/aromatic N) is 4. The summed E-state index contributed by atoms with van der Waals surface area (Å²) in [6, 6.07) is 19.6. The van der Waals surface area contributed by atoms with Gasteiger partial charge in [0.15, 0.2) is 11.0 Å². The Morgan fingerprint density at radius 3 is 2.39 bits per heavy atom. The lowest BCUT2D eigenvalue weighted by atomic mass is 10.2. The molecule has 7 nitrogen and oxygen atoms in total. The fourth-order valence-electron chi connectivity index (χ4n) is 3.35. The zero-order valence-corrected chi connectivity index (χ0v) is 19.9. The first-order valence-corrected chi connectivity index (χ1v) is 11.5. The number of furan rings is 1. The molecule has 170 valence electrons. The van der Waals surface area contributed by atoms with Gasteiger partial charge in [0.1, 0.15) is 17.3 Å². The van der Waals surface area contributed by atoms with Crippen molar-refractivity contribution in [1.82, 2.24) is 19.7 Å². The Kier molecular flexibility index (Phi) is 6.84. The Hall–Kier alpha value is -3.52. The molecule has 0 saturated heterocycles. The van der Waals surface area contributed by atoms with E-state index in [0.29, 0.717) is 17.5 Å². The lowest BCUT2D eigenvalue weighted by Crippen LogP contribution is -2.27. The summed E-state index contributed by atoms with van der Waals surface area (Å²) in [5.74, 6) is 3.29. The Morgan fingerprint density at radius 2 is 1.76 bits per heavy atom. The molecule has 0 unspecified atom stereocenters. The van der Waals surface area contributed by atoms with Crippen LogP contribution in [0.15, 0.2) is 70.2 Å². The van der Waals surface area contributed by atoms with Crippen LogP contribution in [0.1, 0.15) is 17.1 Å². The SMILES string of the molecule is COc1ccc(-c2nnc(SCC(=O)N(C)Cc3ccc(C)o3)n2-c2ccc(C)cc2)cc1. The molecule has 0 atom stereocenters. The molecule has 0 bridgehead atoms. The Labute approximate surface area is 197 Å². The van der Waals surface area contributed by atoms with Gasteiger partial charge in [0.05, 0.1) is 19.4 Å². The van der Waals surface area contributed by atoms with E-state index in [1.165, 1.54) is 11.8 Å². The minimum Gasteiger partial charge on any atom is -0.497 e. The molecule has 0 spiro atoms. The Balaban J connectivity index is 1.57. The lowest BCUT2D eigenvalue weighted by molar-refractivity contribution is -0.127. The van der Waals surface area contributed by atoms with E-state index in [4.69, 9.17) is 9.15 Å². The quantitative estimate of drug-likeness (QED) is 0.347. The third-order valence-corrected chi connectivity index (χ3v) is 6.13. The third-order valence-electron chi connectivity index (χ3n) is 5.21. The molecule has 4 aromatic rings. The average Bonchev–Trinajstić information content (AvgIpc) is 3.44. The monoisotopic (exact) mass is 462 g/mol. The Bertz CT molecular complexity index is 1230. The first-order valence-electron chi connectivity index (χ1n) is 10.5. The molecule has 4 rings (SSSR count). The number of hydrogen-bond acceptors (Lipinski definition) is 6. The Morgan fingerprint density at radius 1 is 1.03 bits per heavy atom. The highest BCUT2D eigenvalue weighted by atomic mass is 32.2. The van der Waals surface area contributed by atoms with E-state index in [2.05, 4.69) is 10.2 Å². The maximum Gasteiger partial charge on any atom is 0.233 e. The summed E-state index contributed by atoms with van der Waals surface area (Å²) < 4.78 is 12.8. The van der Waals surface area contributed by atoms with Gasteiger partial charge in [-0.1, -0.05) is 29.5 Å². The van der Waals surface area contributed by atoms with E-state index in [1.54, 1.807) is 19.1 Å². The summed E-state index contributed by atoms with van der Waals surface area (Å²) in [4.78, 5) is 14.4. The number of methoxy groups -OCH3 is 1. The minimum atomic E-state index is -0.0153. The van der Waals surface area contributed by atoms with Crippen molar-refractivity contribution in [2.24, 2.45) is 0 Å². The van der Waals surface area contributed by atoms with E-state index in [-0.39, 0.29) is 11.7 Å². The molecule has 2 aromatic heterocycles. The molecular weight excluding hydrogens is 436 g/mol. The van der Waals surface area contributed by atoms with E-state index in [1.807, 2.05) is 79.1 Å². The van der Waals surface area contributed by atoms with Gasteiger partial charge in [0.25, 0.3) is 0 Å². The smallest absolute Gasteiger partial charge is 0.233 e. The largest absolute Gasteiger partial charge is 0.497 e. The van der Waals surface area contributed by atoms with Crippen molar-refractivity contribution in [3.8, 4) is 22.8 Å². The normalized spacial score (nSPS) is 10.9. The molecular formula is C25H26N4O3S. The topological polar surface area (TPSA) is 73.4 Å². The fourth-order valence-corrected chi connectivity index (χ4v) is 4.24. The number of rotatable bonds is 8. The van der Waals surface area contributed by atoms with Crippen molar-refractivity contribution in [3.05, 3.63) is 77.7 Å². The molecule has 0 N–H and O–H groups in total. The predicted molar refractivity (Wildman–Crippen MR) is 129 cm³/mol. The van der Waals surface area contributed by atoms with E-state index in [9.17, 15) is 4.79 Å². The van der Waals surface area contributed by atoms with Crippen molar-refractivity contribution in [3.63, 3.8) is 0 Å². The molecule has 1 amide bonds. The van der Waals surface area contributed by atoms with Crippen molar-refractivity contribution in [1.29, 1.82) is 0 Å². The number of thioether (sulfide) groups is 1. The van der Waals surface area contributed by atoms with Crippen LogP contribution in [0.25, 0.3) is 17.1 Å². The van der Waals surface area contributed by atoms with Crippen LogP contribution in [0.2, 0.25) is 0 Å². The van der Waals surface area contributed by atoms with Gasteiger partial charge in [-0.05, 0) is 62.4 Å². The second kappa shape index (κ2) is 9.95. The van der Waals surface area contributed by atoms with Gasteiger partial charge in [0.2, 0.25) is 5.91 Å². The van der Waals surface area contributed by atoms with Crippen molar-refractivity contribution >= 4 is 17.7 Å². The molecule has 0 aliphatic rings. The summed E-state index contributed by atoms with van der Waals surface area (Å²) in [7, 11) is 3.41. The van der Waals surface area contributed by atoms with Gasteiger partial charge < -0.3 is 14.1 Å². The van der Waals surface area contributed by atoms with E-state index in [0.717, 1.165) is 34.1 Å². The van der Waals surface area contributed by atoms with Gasteiger partial charge in [-0.3, -0.25) is 9.36 Å². The van der Waals surface area contributed by atoms with E-state index < -0.39 is 0 Å². The number of aryl methyl sites for hydroxylation is 2. The van der Waals surface area contributed by atoms with Crippen LogP contribution >= 0.6 is 11.8 Å². The number of aromatic nitrogens is 3. The average molecular weight is 463 g/mol. The molecule has 0 saturated carbocycles. The summed E-state index contributed by atoms with van der Waals surface area (Å²) in [5, 5.41) is 9.51. The van der Waals surface area contributed by atoms with Gasteiger partial charge in [-0.25, -0.2) is 0 Å². The second-order valence-corrected chi connectivity index (χ2v) is 8.70. The molecule has 0 radical (unpaired) electrons. The first-order chi connectivity index (χ1) is 15.9. The second-order valence-electron chi connectivity index (χ2n) is 7.76. The van der Waals surface area contributed by atoms with Crippen molar-refractivity contribution in [2.75, 3.05) is 19.9 Å². The van der Waals surface area contributed by atoms with Crippen molar-refractivity contribution in [2.45, 2.75) is 25.5 Å². The van der Waals surface area contributed by atoms with Gasteiger partial charge in [-0.2, -0.15) is 0 Å². The van der Waals surface area contributed by atoms with Gasteiger partial charge in [-0.15, -0.1) is 10.2 Å². The van der Waals surface area contributed by atoms with Crippen LogP contribution in [-0.4, -0.2) is 45.5 Å².